The van der Waals surface area contributed by atoms with Gasteiger partial charge in [-0.2, -0.15) is 13.2 Å². The molecule has 0 spiro atoms. The first kappa shape index (κ1) is 37.5. The maximum absolute atomic E-state index is 13.7. The van der Waals surface area contributed by atoms with E-state index in [-0.39, 0.29) is 16.4 Å². The van der Waals surface area contributed by atoms with Crippen LogP contribution >= 0.6 is 23.4 Å². The Morgan fingerprint density at radius 3 is 2.10 bits per heavy atom. The molecule has 266 valence electrons. The van der Waals surface area contributed by atoms with Crippen molar-refractivity contribution in [1.82, 2.24) is 5.32 Å². The van der Waals surface area contributed by atoms with Crippen molar-refractivity contribution in [2.45, 2.75) is 16.3 Å². The fourth-order valence-electron chi connectivity index (χ4n) is 4.90. The second kappa shape index (κ2) is 17.0. The molecule has 1 unspecified atom stereocenters. The van der Waals surface area contributed by atoms with Crippen LogP contribution in [0.1, 0.15) is 32.3 Å². The molecule has 13 heteroatoms. The summed E-state index contributed by atoms with van der Waals surface area (Å²) < 4.78 is 50.9. The third-order valence-electron chi connectivity index (χ3n) is 7.52. The maximum Gasteiger partial charge on any atom is 0.416 e. The number of thioether (sulfide) groups is 1. The minimum atomic E-state index is -4.62. The standard InChI is InChI=1S/C39H31ClF3N3O5S/c1-50-29-16-20-34(51-2)26(21-29)22-33(46-36(47)25-11-7-4-8-12-25)37(48)44-28-14-17-30(18-15-28)52-35(24-9-5-3-6-10-24)38(49)45-32-23-27(39(41,42)43)13-19-31(32)40/h3-23,35H,1-2H3,(H,44,48)(H,45,49)(H,46,47)/b33-22-. The van der Waals surface area contributed by atoms with E-state index in [1.165, 1.54) is 20.3 Å². The van der Waals surface area contributed by atoms with Crippen molar-refractivity contribution < 1.29 is 37.0 Å². The van der Waals surface area contributed by atoms with Gasteiger partial charge in [0.1, 0.15) is 22.4 Å². The normalized spacial score (nSPS) is 12.0. The number of ether oxygens (including phenoxy) is 2. The van der Waals surface area contributed by atoms with E-state index in [0.29, 0.717) is 38.8 Å². The highest BCUT2D eigenvalue weighted by atomic mass is 35.5. The monoisotopic (exact) mass is 745 g/mol. The van der Waals surface area contributed by atoms with Gasteiger partial charge < -0.3 is 25.4 Å². The smallest absolute Gasteiger partial charge is 0.416 e. The highest BCUT2D eigenvalue weighted by Gasteiger charge is 2.32. The maximum atomic E-state index is 13.7. The third-order valence-corrected chi connectivity index (χ3v) is 9.12. The number of anilines is 2. The number of rotatable bonds is 12. The first-order chi connectivity index (χ1) is 24.9. The Bertz CT molecular complexity index is 2080. The van der Waals surface area contributed by atoms with E-state index in [0.717, 1.165) is 30.0 Å². The van der Waals surface area contributed by atoms with E-state index in [1.54, 1.807) is 103 Å². The number of hydrogen-bond donors (Lipinski definition) is 3. The molecule has 3 N–H and O–H groups in total. The molecule has 3 amide bonds. The van der Waals surface area contributed by atoms with E-state index >= 15 is 0 Å². The van der Waals surface area contributed by atoms with Crippen LogP contribution in [0.25, 0.3) is 6.08 Å². The van der Waals surface area contributed by atoms with Crippen LogP contribution in [-0.4, -0.2) is 31.9 Å². The molecular formula is C39H31ClF3N3O5S. The average molecular weight is 746 g/mol. The highest BCUT2D eigenvalue weighted by Crippen LogP contribution is 2.39. The molecule has 5 aromatic rings. The first-order valence-corrected chi connectivity index (χ1v) is 16.8. The minimum absolute atomic E-state index is 0.0449. The highest BCUT2D eigenvalue weighted by molar-refractivity contribution is 8.00. The van der Waals surface area contributed by atoms with Crippen molar-refractivity contribution in [3.05, 3.63) is 154 Å². The predicted octanol–water partition coefficient (Wildman–Crippen LogP) is 9.26. The minimum Gasteiger partial charge on any atom is -0.497 e. The fourth-order valence-corrected chi connectivity index (χ4v) is 6.09. The molecule has 0 aliphatic rings. The van der Waals surface area contributed by atoms with Crippen molar-refractivity contribution in [2.24, 2.45) is 0 Å². The predicted molar refractivity (Wildman–Crippen MR) is 197 cm³/mol. The quantitative estimate of drug-likeness (QED) is 0.0869. The van der Waals surface area contributed by atoms with Crippen LogP contribution in [0, 0.1) is 0 Å². The van der Waals surface area contributed by atoms with Crippen molar-refractivity contribution >= 4 is 58.5 Å². The van der Waals surface area contributed by atoms with Gasteiger partial charge in [0.25, 0.3) is 11.8 Å². The molecule has 0 saturated carbocycles. The van der Waals surface area contributed by atoms with E-state index in [9.17, 15) is 27.6 Å². The summed E-state index contributed by atoms with van der Waals surface area (Å²) in [6, 6.07) is 31.5. The summed E-state index contributed by atoms with van der Waals surface area (Å²) >= 11 is 7.30. The van der Waals surface area contributed by atoms with E-state index in [2.05, 4.69) is 16.0 Å². The Kier molecular flexibility index (Phi) is 12.3. The average Bonchev–Trinajstić information content (AvgIpc) is 3.15. The van der Waals surface area contributed by atoms with Crippen molar-refractivity contribution in [3.63, 3.8) is 0 Å². The molecule has 0 heterocycles. The number of amides is 3. The van der Waals surface area contributed by atoms with Gasteiger partial charge in [-0.15, -0.1) is 11.8 Å². The summed E-state index contributed by atoms with van der Waals surface area (Å²) in [5.41, 5.74) is 0.597. The topological polar surface area (TPSA) is 106 Å². The Morgan fingerprint density at radius 1 is 0.788 bits per heavy atom. The lowest BCUT2D eigenvalue weighted by molar-refractivity contribution is -0.137. The van der Waals surface area contributed by atoms with Gasteiger partial charge in [-0.1, -0.05) is 60.1 Å². The summed E-state index contributed by atoms with van der Waals surface area (Å²) in [5, 5.41) is 7.10. The first-order valence-electron chi connectivity index (χ1n) is 15.6. The third kappa shape index (κ3) is 9.74. The van der Waals surface area contributed by atoms with Crippen LogP contribution < -0.4 is 25.4 Å². The van der Waals surface area contributed by atoms with E-state index in [1.807, 2.05) is 0 Å². The lowest BCUT2D eigenvalue weighted by atomic mass is 10.1. The van der Waals surface area contributed by atoms with Crippen LogP contribution in [0.3, 0.4) is 0 Å². The summed E-state index contributed by atoms with van der Waals surface area (Å²) in [5.74, 6) is -0.781. The Balaban J connectivity index is 1.37. The Labute approximate surface area is 307 Å². The number of nitrogens with one attached hydrogen (secondary N) is 3. The van der Waals surface area contributed by atoms with Gasteiger partial charge in [-0.25, -0.2) is 0 Å². The second-order valence-corrected chi connectivity index (χ2v) is 12.6. The van der Waals surface area contributed by atoms with Gasteiger partial charge in [0.15, 0.2) is 0 Å². The lowest BCUT2D eigenvalue weighted by Crippen LogP contribution is -2.30. The Morgan fingerprint density at radius 2 is 1.46 bits per heavy atom. The van der Waals surface area contributed by atoms with Gasteiger partial charge in [0.05, 0.1) is 30.5 Å². The molecule has 1 atom stereocenters. The van der Waals surface area contributed by atoms with E-state index < -0.39 is 34.7 Å². The zero-order valence-corrected chi connectivity index (χ0v) is 29.2. The molecule has 0 saturated heterocycles. The van der Waals surface area contributed by atoms with Crippen molar-refractivity contribution in [1.29, 1.82) is 0 Å². The van der Waals surface area contributed by atoms with Gasteiger partial charge in [-0.3, -0.25) is 14.4 Å². The fraction of sp³-hybridized carbons (Fsp3) is 0.103. The van der Waals surface area contributed by atoms with E-state index in [4.69, 9.17) is 21.1 Å². The van der Waals surface area contributed by atoms with Gasteiger partial charge in [-0.05, 0) is 84.4 Å². The van der Waals surface area contributed by atoms with Crippen LogP contribution in [0.2, 0.25) is 5.02 Å². The molecule has 8 nitrogen and oxygen atoms in total. The van der Waals surface area contributed by atoms with Crippen molar-refractivity contribution in [3.8, 4) is 11.5 Å². The zero-order valence-electron chi connectivity index (χ0n) is 27.7. The van der Waals surface area contributed by atoms with Gasteiger partial charge >= 0.3 is 6.18 Å². The molecule has 0 bridgehead atoms. The molecular weight excluding hydrogens is 715 g/mol. The second-order valence-electron chi connectivity index (χ2n) is 11.1. The van der Waals surface area contributed by atoms with Gasteiger partial charge in [0.2, 0.25) is 5.91 Å². The zero-order chi connectivity index (χ0) is 37.3. The summed E-state index contributed by atoms with van der Waals surface area (Å²) in [6.45, 7) is 0. The van der Waals surface area contributed by atoms with Crippen LogP contribution in [0.5, 0.6) is 11.5 Å². The number of halogens is 4. The summed E-state index contributed by atoms with van der Waals surface area (Å²) in [7, 11) is 2.98. The summed E-state index contributed by atoms with van der Waals surface area (Å²) in [4.78, 5) is 40.9. The molecule has 5 aromatic carbocycles. The molecule has 0 aliphatic heterocycles. The van der Waals surface area contributed by atoms with Crippen LogP contribution in [0.4, 0.5) is 24.5 Å². The number of carbonyl (C=O) groups is 3. The number of carbonyl (C=O) groups excluding carboxylic acids is 3. The molecule has 52 heavy (non-hydrogen) atoms. The molecule has 0 radical (unpaired) electrons. The van der Waals surface area contributed by atoms with Crippen molar-refractivity contribution in [2.75, 3.05) is 24.9 Å². The molecule has 5 rings (SSSR count). The molecule has 0 fully saturated rings. The number of hydrogen-bond acceptors (Lipinski definition) is 6. The SMILES string of the molecule is COc1ccc(OC)c(/C=C(\NC(=O)c2ccccc2)C(=O)Nc2ccc(SC(C(=O)Nc3cc(C(F)(F)F)ccc3Cl)c3ccccc3)cc2)c1. The Hall–Kier alpha value is -5.72. The number of methoxy groups -OCH3 is 2. The molecule has 0 aliphatic carbocycles. The van der Waals surface area contributed by atoms with Crippen LogP contribution in [0.15, 0.2) is 132 Å². The lowest BCUT2D eigenvalue weighted by Gasteiger charge is -2.19. The summed E-state index contributed by atoms with van der Waals surface area (Å²) in [6.07, 6.45) is -3.15. The number of benzene rings is 5. The van der Waals surface area contributed by atoms with Gasteiger partial charge in [0, 0.05) is 21.7 Å². The molecule has 0 aromatic heterocycles. The number of alkyl halides is 3. The van der Waals surface area contributed by atoms with Crippen LogP contribution in [-0.2, 0) is 15.8 Å². The largest absolute Gasteiger partial charge is 0.497 e.